The number of ether oxygens (including phenoxy) is 1. The number of β-amino-alcohol motifs (C(OH)–C–C–N with tert-alkyl or cyclic N) is 1. The second kappa shape index (κ2) is 8.54. The zero-order valence-electron chi connectivity index (χ0n) is 11.9. The highest BCUT2D eigenvalue weighted by Gasteiger charge is 2.17. The van der Waals surface area contributed by atoms with E-state index in [4.69, 9.17) is 4.74 Å². The Labute approximate surface area is 125 Å². The van der Waals surface area contributed by atoms with Crippen molar-refractivity contribution in [2.24, 2.45) is 0 Å². The molecule has 0 bridgehead atoms. The molecule has 1 unspecified atom stereocenters. The van der Waals surface area contributed by atoms with E-state index >= 15 is 0 Å². The minimum absolute atomic E-state index is 0.326. The third-order valence-corrected chi connectivity index (χ3v) is 4.25. The van der Waals surface area contributed by atoms with E-state index in [9.17, 15) is 5.11 Å². The van der Waals surface area contributed by atoms with Crippen LogP contribution in [0.25, 0.3) is 0 Å². The van der Waals surface area contributed by atoms with Gasteiger partial charge in [-0.1, -0.05) is 12.1 Å². The van der Waals surface area contributed by atoms with Gasteiger partial charge in [-0.2, -0.15) is 0 Å². The first kappa shape index (κ1) is 15.7. The molecule has 0 radical (unpaired) electrons. The molecule has 0 aromatic carbocycles. The summed E-state index contributed by atoms with van der Waals surface area (Å²) in [5, 5.41) is 12.4. The number of rotatable bonds is 8. The molecule has 1 aliphatic rings. The molecule has 0 saturated carbocycles. The maximum absolute atomic E-state index is 10.3. The van der Waals surface area contributed by atoms with Crippen molar-refractivity contribution in [3.05, 3.63) is 35.0 Å². The van der Waals surface area contributed by atoms with Crippen LogP contribution in [0, 0.1) is 0 Å². The summed E-state index contributed by atoms with van der Waals surface area (Å²) in [6.45, 7) is 10.3. The van der Waals surface area contributed by atoms with Crippen LogP contribution in [-0.4, -0.2) is 66.9 Å². The number of aliphatic hydroxyl groups is 1. The van der Waals surface area contributed by atoms with Crippen molar-refractivity contribution in [2.45, 2.75) is 12.6 Å². The molecule has 0 aliphatic carbocycles. The molecule has 1 aliphatic heterocycles. The molecule has 1 aromatic heterocycles. The monoisotopic (exact) mass is 296 g/mol. The molecule has 20 heavy (non-hydrogen) atoms. The predicted octanol–water partition coefficient (Wildman–Crippen LogP) is 1.43. The first-order valence-corrected chi connectivity index (χ1v) is 7.99. The van der Waals surface area contributed by atoms with E-state index in [0.29, 0.717) is 6.54 Å². The molecule has 0 amide bonds. The molecule has 4 nitrogen and oxygen atoms in total. The van der Waals surface area contributed by atoms with Crippen molar-refractivity contribution in [2.75, 3.05) is 45.9 Å². The van der Waals surface area contributed by atoms with Crippen LogP contribution in [0.5, 0.6) is 0 Å². The Morgan fingerprint density at radius 2 is 2.30 bits per heavy atom. The summed E-state index contributed by atoms with van der Waals surface area (Å²) >= 11 is 1.76. The molecule has 112 valence electrons. The van der Waals surface area contributed by atoms with E-state index in [1.807, 2.05) is 6.08 Å². The lowest BCUT2D eigenvalue weighted by molar-refractivity contribution is 0.00725. The Balaban J connectivity index is 1.78. The van der Waals surface area contributed by atoms with Gasteiger partial charge in [0.15, 0.2) is 0 Å². The van der Waals surface area contributed by atoms with Crippen LogP contribution in [-0.2, 0) is 11.3 Å². The zero-order valence-corrected chi connectivity index (χ0v) is 12.7. The fourth-order valence-electron chi connectivity index (χ4n) is 2.45. The highest BCUT2D eigenvalue weighted by Crippen LogP contribution is 2.12. The number of morpholine rings is 1. The zero-order chi connectivity index (χ0) is 14.2. The number of nitrogens with zero attached hydrogens (tertiary/aromatic N) is 2. The van der Waals surface area contributed by atoms with Gasteiger partial charge >= 0.3 is 0 Å². The summed E-state index contributed by atoms with van der Waals surface area (Å²) in [4.78, 5) is 5.83. The Morgan fingerprint density at radius 1 is 1.50 bits per heavy atom. The highest BCUT2D eigenvalue weighted by molar-refractivity contribution is 7.09. The average Bonchev–Trinajstić information content (AvgIpc) is 2.93. The quantitative estimate of drug-likeness (QED) is 0.736. The van der Waals surface area contributed by atoms with E-state index in [1.165, 1.54) is 4.88 Å². The molecular formula is C15H24N2O2S. The molecule has 1 saturated heterocycles. The van der Waals surface area contributed by atoms with Crippen molar-refractivity contribution in [3.8, 4) is 0 Å². The van der Waals surface area contributed by atoms with Gasteiger partial charge in [-0.15, -0.1) is 17.9 Å². The Morgan fingerprint density at radius 3 is 2.95 bits per heavy atom. The second-order valence-corrected chi connectivity index (χ2v) is 6.16. The van der Waals surface area contributed by atoms with Gasteiger partial charge in [0.05, 0.1) is 19.3 Å². The molecule has 2 rings (SSSR count). The van der Waals surface area contributed by atoms with Crippen LogP contribution in [0.2, 0.25) is 0 Å². The van der Waals surface area contributed by atoms with Crippen LogP contribution >= 0.6 is 11.3 Å². The number of hydrogen-bond acceptors (Lipinski definition) is 5. The summed E-state index contributed by atoms with van der Waals surface area (Å²) in [6, 6.07) is 4.20. The Kier molecular flexibility index (Phi) is 6.69. The van der Waals surface area contributed by atoms with Gasteiger partial charge in [-0.25, -0.2) is 0 Å². The van der Waals surface area contributed by atoms with Crippen LogP contribution < -0.4 is 0 Å². The molecule has 0 spiro atoms. The van der Waals surface area contributed by atoms with Gasteiger partial charge in [-0.05, 0) is 11.4 Å². The third kappa shape index (κ3) is 5.34. The maximum atomic E-state index is 10.3. The summed E-state index contributed by atoms with van der Waals surface area (Å²) in [7, 11) is 0. The molecule has 5 heteroatoms. The smallest absolute Gasteiger partial charge is 0.0794 e. The van der Waals surface area contributed by atoms with Crippen molar-refractivity contribution >= 4 is 11.3 Å². The van der Waals surface area contributed by atoms with E-state index in [0.717, 1.165) is 45.9 Å². The van der Waals surface area contributed by atoms with Crippen LogP contribution in [0.15, 0.2) is 30.2 Å². The number of thiophene rings is 1. The van der Waals surface area contributed by atoms with Crippen LogP contribution in [0.4, 0.5) is 0 Å². The number of hydrogen-bond donors (Lipinski definition) is 1. The van der Waals surface area contributed by atoms with E-state index in [1.54, 1.807) is 11.3 Å². The first-order valence-electron chi connectivity index (χ1n) is 7.11. The second-order valence-electron chi connectivity index (χ2n) is 5.13. The lowest BCUT2D eigenvalue weighted by Crippen LogP contribution is -2.44. The lowest BCUT2D eigenvalue weighted by atomic mass is 10.2. The van der Waals surface area contributed by atoms with Gasteiger partial charge in [0.2, 0.25) is 0 Å². The van der Waals surface area contributed by atoms with Gasteiger partial charge in [0, 0.05) is 44.1 Å². The van der Waals surface area contributed by atoms with Crippen LogP contribution in [0.1, 0.15) is 4.88 Å². The lowest BCUT2D eigenvalue weighted by Gasteiger charge is -2.30. The topological polar surface area (TPSA) is 35.9 Å². The van der Waals surface area contributed by atoms with Crippen molar-refractivity contribution in [3.63, 3.8) is 0 Å². The Bertz CT molecular complexity index is 377. The molecule has 1 N–H and O–H groups in total. The number of aliphatic hydroxyl groups excluding tert-OH is 1. The van der Waals surface area contributed by atoms with E-state index in [2.05, 4.69) is 33.9 Å². The Hall–Kier alpha value is -0.720. The largest absolute Gasteiger partial charge is 0.390 e. The molecule has 1 aromatic rings. The summed E-state index contributed by atoms with van der Waals surface area (Å²) in [6.07, 6.45) is 1.57. The third-order valence-electron chi connectivity index (χ3n) is 3.39. The van der Waals surface area contributed by atoms with Gasteiger partial charge in [0.1, 0.15) is 0 Å². The normalized spacial score (nSPS) is 18.3. The first-order chi connectivity index (χ1) is 9.78. The van der Waals surface area contributed by atoms with Gasteiger partial charge in [-0.3, -0.25) is 9.80 Å². The molecule has 2 heterocycles. The minimum atomic E-state index is -0.326. The summed E-state index contributed by atoms with van der Waals surface area (Å²) < 4.78 is 5.33. The predicted molar refractivity (Wildman–Crippen MR) is 83.1 cm³/mol. The SMILES string of the molecule is C=CCN(Cc1cccs1)CC(O)CN1CCOCC1. The van der Waals surface area contributed by atoms with Crippen LogP contribution in [0.3, 0.4) is 0 Å². The van der Waals surface area contributed by atoms with Gasteiger partial charge < -0.3 is 9.84 Å². The molecular weight excluding hydrogens is 272 g/mol. The molecule has 1 fully saturated rings. The van der Waals surface area contributed by atoms with E-state index < -0.39 is 0 Å². The van der Waals surface area contributed by atoms with Gasteiger partial charge in [0.25, 0.3) is 0 Å². The highest BCUT2D eigenvalue weighted by atomic mass is 32.1. The fraction of sp³-hybridized carbons (Fsp3) is 0.600. The maximum Gasteiger partial charge on any atom is 0.0794 e. The van der Waals surface area contributed by atoms with E-state index in [-0.39, 0.29) is 6.10 Å². The average molecular weight is 296 g/mol. The summed E-state index contributed by atoms with van der Waals surface area (Å²) in [5.41, 5.74) is 0. The standard InChI is InChI=1S/C15H24N2O2S/c1-2-5-17(13-15-4-3-10-20-15)12-14(18)11-16-6-8-19-9-7-16/h2-4,10,14,18H,1,5-9,11-13H2. The minimum Gasteiger partial charge on any atom is -0.390 e. The summed E-state index contributed by atoms with van der Waals surface area (Å²) in [5.74, 6) is 0. The van der Waals surface area contributed by atoms with Crippen molar-refractivity contribution < 1.29 is 9.84 Å². The van der Waals surface area contributed by atoms with Crippen molar-refractivity contribution in [1.82, 2.24) is 9.80 Å². The molecule has 1 atom stereocenters. The van der Waals surface area contributed by atoms with Crippen molar-refractivity contribution in [1.29, 1.82) is 0 Å². The fourth-order valence-corrected chi connectivity index (χ4v) is 3.19.